The minimum Gasteiger partial charge on any atom is -0.329 e. The second-order valence-electron chi connectivity index (χ2n) is 8.49. The molecule has 4 aromatic rings. The number of fused-ring (bicyclic) bond motifs is 3. The molecule has 1 aliphatic carbocycles. The van der Waals surface area contributed by atoms with Gasteiger partial charge in [0, 0.05) is 17.7 Å². The Hall–Kier alpha value is -3.92. The number of nitrogens with zero attached hydrogens (tertiary/aromatic N) is 2. The lowest BCUT2D eigenvalue weighted by Crippen LogP contribution is -2.33. The lowest BCUT2D eigenvalue weighted by molar-refractivity contribution is -0.117. The van der Waals surface area contributed by atoms with Gasteiger partial charge in [0.25, 0.3) is 0 Å². The minimum absolute atomic E-state index is 0.165. The van der Waals surface area contributed by atoms with Gasteiger partial charge in [0.2, 0.25) is 5.95 Å². The average Bonchev–Trinajstić information content (AvgIpc) is 3.20. The van der Waals surface area contributed by atoms with Crippen LogP contribution in [0.3, 0.4) is 0 Å². The van der Waals surface area contributed by atoms with Gasteiger partial charge in [-0.15, -0.1) is 0 Å². The van der Waals surface area contributed by atoms with E-state index in [2.05, 4.69) is 52.4 Å². The van der Waals surface area contributed by atoms with Crippen LogP contribution in [-0.2, 0) is 4.79 Å². The molecule has 0 radical (unpaired) electrons. The molecule has 1 N–H and O–H groups in total. The van der Waals surface area contributed by atoms with E-state index in [1.54, 1.807) is 0 Å². The summed E-state index contributed by atoms with van der Waals surface area (Å²) in [6.45, 7) is 0. The highest BCUT2D eigenvalue weighted by Crippen LogP contribution is 2.44. The summed E-state index contributed by atoms with van der Waals surface area (Å²) in [7, 11) is 0. The fourth-order valence-electron chi connectivity index (χ4n) is 4.95. The van der Waals surface area contributed by atoms with Gasteiger partial charge < -0.3 is 5.32 Å². The van der Waals surface area contributed by atoms with Crippen LogP contribution in [0.15, 0.2) is 102 Å². The van der Waals surface area contributed by atoms with Crippen molar-refractivity contribution in [2.75, 3.05) is 5.32 Å². The number of aromatic nitrogens is 2. The standard InChI is InChI=1S/C28H23N3O/c32-25-18-20(16-15-19-9-3-1-4-10-19)17-23-26(25)27(21-11-5-2-6-12-21)31-24-14-8-7-13-22(24)29-28(31)30-23/h1-16,20,27H,17-18H2,(H,29,30)/b16-15+/t20-,27+/m1/s1. The van der Waals surface area contributed by atoms with E-state index in [0.717, 1.165) is 45.8 Å². The third kappa shape index (κ3) is 3.16. The Kier molecular flexibility index (Phi) is 4.50. The third-order valence-corrected chi connectivity index (χ3v) is 6.41. The molecule has 0 amide bonds. The maximum Gasteiger partial charge on any atom is 0.209 e. The van der Waals surface area contributed by atoms with E-state index in [1.165, 1.54) is 0 Å². The van der Waals surface area contributed by atoms with E-state index in [9.17, 15) is 4.79 Å². The zero-order chi connectivity index (χ0) is 21.5. The van der Waals surface area contributed by atoms with Crippen molar-refractivity contribution in [2.24, 2.45) is 5.92 Å². The maximum absolute atomic E-state index is 13.5. The van der Waals surface area contributed by atoms with Gasteiger partial charge in [0.15, 0.2) is 5.78 Å². The Morgan fingerprint density at radius 1 is 0.875 bits per heavy atom. The lowest BCUT2D eigenvalue weighted by Gasteiger charge is -2.35. The number of imidazole rings is 1. The quantitative estimate of drug-likeness (QED) is 0.445. The first-order valence-corrected chi connectivity index (χ1v) is 11.1. The van der Waals surface area contributed by atoms with Crippen LogP contribution in [0.5, 0.6) is 0 Å². The molecular formula is C28H23N3O. The number of ketones is 1. The van der Waals surface area contributed by atoms with Crippen LogP contribution < -0.4 is 5.32 Å². The molecule has 2 aliphatic rings. The number of hydrogen-bond donors (Lipinski definition) is 1. The summed E-state index contributed by atoms with van der Waals surface area (Å²) in [5, 5.41) is 3.52. The molecule has 156 valence electrons. The number of nitrogens with one attached hydrogen (secondary N) is 1. The van der Waals surface area contributed by atoms with Crippen molar-refractivity contribution in [3.63, 3.8) is 0 Å². The molecular weight excluding hydrogens is 394 g/mol. The fraction of sp³-hybridized carbons (Fsp3) is 0.143. The summed E-state index contributed by atoms with van der Waals surface area (Å²) < 4.78 is 2.18. The van der Waals surface area contributed by atoms with E-state index in [-0.39, 0.29) is 17.7 Å². The van der Waals surface area contributed by atoms with E-state index in [1.807, 2.05) is 54.6 Å². The molecule has 4 heteroatoms. The molecule has 0 unspecified atom stereocenters. The first-order valence-electron chi connectivity index (χ1n) is 11.1. The molecule has 2 heterocycles. The smallest absolute Gasteiger partial charge is 0.209 e. The molecule has 0 saturated carbocycles. The number of Topliss-reactive ketones (excluding diaryl/α,β-unsaturated/α-hetero) is 1. The van der Waals surface area contributed by atoms with Crippen molar-refractivity contribution >= 4 is 28.8 Å². The van der Waals surface area contributed by atoms with Crippen molar-refractivity contribution in [1.29, 1.82) is 0 Å². The summed E-state index contributed by atoms with van der Waals surface area (Å²) in [4.78, 5) is 18.4. The van der Waals surface area contributed by atoms with E-state index < -0.39 is 0 Å². The van der Waals surface area contributed by atoms with E-state index in [4.69, 9.17) is 4.98 Å². The lowest BCUT2D eigenvalue weighted by atomic mass is 9.80. The van der Waals surface area contributed by atoms with Crippen LogP contribution in [0.2, 0.25) is 0 Å². The number of para-hydroxylation sites is 2. The van der Waals surface area contributed by atoms with Gasteiger partial charge in [0.1, 0.15) is 0 Å². The van der Waals surface area contributed by atoms with Gasteiger partial charge in [-0.1, -0.05) is 84.9 Å². The summed E-state index contributed by atoms with van der Waals surface area (Å²) in [6, 6.07) is 28.5. The first-order chi connectivity index (χ1) is 15.8. The highest BCUT2D eigenvalue weighted by molar-refractivity contribution is 6.00. The molecule has 6 rings (SSSR count). The molecule has 0 saturated heterocycles. The molecule has 0 bridgehead atoms. The predicted octanol–water partition coefficient (Wildman–Crippen LogP) is 6.00. The molecule has 4 nitrogen and oxygen atoms in total. The highest BCUT2D eigenvalue weighted by atomic mass is 16.1. The molecule has 3 aromatic carbocycles. The minimum atomic E-state index is -0.165. The van der Waals surface area contributed by atoms with Gasteiger partial charge in [-0.05, 0) is 35.6 Å². The number of rotatable bonds is 3. The van der Waals surface area contributed by atoms with Gasteiger partial charge in [-0.3, -0.25) is 9.36 Å². The van der Waals surface area contributed by atoms with Crippen LogP contribution >= 0.6 is 0 Å². The monoisotopic (exact) mass is 417 g/mol. The van der Waals surface area contributed by atoms with Crippen LogP contribution in [-0.4, -0.2) is 15.3 Å². The topological polar surface area (TPSA) is 46.9 Å². The molecule has 0 spiro atoms. The van der Waals surface area contributed by atoms with Crippen molar-refractivity contribution in [2.45, 2.75) is 18.9 Å². The van der Waals surface area contributed by atoms with Gasteiger partial charge in [0.05, 0.1) is 17.1 Å². The van der Waals surface area contributed by atoms with Crippen LogP contribution in [0.1, 0.15) is 30.0 Å². The second kappa shape index (κ2) is 7.65. The normalized spacial score (nSPS) is 20.3. The summed E-state index contributed by atoms with van der Waals surface area (Å²) in [6.07, 6.45) is 5.62. The van der Waals surface area contributed by atoms with Gasteiger partial charge >= 0.3 is 0 Å². The van der Waals surface area contributed by atoms with Gasteiger partial charge in [-0.25, -0.2) is 4.98 Å². The maximum atomic E-state index is 13.5. The van der Waals surface area contributed by atoms with Crippen molar-refractivity contribution in [3.8, 4) is 0 Å². The van der Waals surface area contributed by atoms with Crippen molar-refractivity contribution in [3.05, 3.63) is 113 Å². The fourth-order valence-corrected chi connectivity index (χ4v) is 4.95. The zero-order valence-corrected chi connectivity index (χ0v) is 17.6. The second-order valence-corrected chi connectivity index (χ2v) is 8.49. The number of carbonyl (C=O) groups is 1. The Balaban J connectivity index is 1.44. The number of benzene rings is 3. The van der Waals surface area contributed by atoms with Crippen LogP contribution in [0.4, 0.5) is 5.95 Å². The average molecular weight is 418 g/mol. The predicted molar refractivity (Wildman–Crippen MR) is 128 cm³/mol. The summed E-state index contributed by atoms with van der Waals surface area (Å²) in [5.41, 5.74) is 6.10. The summed E-state index contributed by atoms with van der Waals surface area (Å²) in [5.74, 6) is 1.18. The van der Waals surface area contributed by atoms with Gasteiger partial charge in [-0.2, -0.15) is 0 Å². The number of anilines is 1. The largest absolute Gasteiger partial charge is 0.329 e. The van der Waals surface area contributed by atoms with Crippen LogP contribution in [0, 0.1) is 5.92 Å². The Morgan fingerprint density at radius 2 is 1.59 bits per heavy atom. The van der Waals surface area contributed by atoms with E-state index in [0.29, 0.717) is 6.42 Å². The van der Waals surface area contributed by atoms with Crippen molar-refractivity contribution < 1.29 is 4.79 Å². The molecule has 1 aromatic heterocycles. The van der Waals surface area contributed by atoms with E-state index >= 15 is 0 Å². The van der Waals surface area contributed by atoms with Crippen LogP contribution in [0.25, 0.3) is 17.1 Å². The zero-order valence-electron chi connectivity index (χ0n) is 17.6. The Labute approximate surface area is 186 Å². The molecule has 0 fully saturated rings. The summed E-state index contributed by atoms with van der Waals surface area (Å²) >= 11 is 0. The molecule has 32 heavy (non-hydrogen) atoms. The third-order valence-electron chi connectivity index (χ3n) is 6.41. The highest BCUT2D eigenvalue weighted by Gasteiger charge is 2.38. The number of carbonyl (C=O) groups excluding carboxylic acids is 1. The number of allylic oxidation sites excluding steroid dienone is 3. The molecule has 2 atom stereocenters. The Bertz CT molecular complexity index is 1370. The first kappa shape index (κ1) is 18.8. The SMILES string of the molecule is O=C1C[C@H](/C=C/c2ccccc2)CC2=C1[C@H](c1ccccc1)n1c(nc3ccccc31)N2. The van der Waals surface area contributed by atoms with Crippen molar-refractivity contribution in [1.82, 2.24) is 9.55 Å². The number of hydrogen-bond acceptors (Lipinski definition) is 3. The molecule has 1 aliphatic heterocycles. The Morgan fingerprint density at radius 3 is 2.41 bits per heavy atom.